The van der Waals surface area contributed by atoms with E-state index in [1.54, 1.807) is 0 Å². The van der Waals surface area contributed by atoms with Gasteiger partial charge >= 0.3 is 0 Å². The molecule has 1 fully saturated rings. The Morgan fingerprint density at radius 1 is 1.19 bits per heavy atom. The zero-order chi connectivity index (χ0) is 11.2. The molecule has 1 aliphatic rings. The lowest BCUT2D eigenvalue weighted by Crippen LogP contribution is -2.33. The van der Waals surface area contributed by atoms with Gasteiger partial charge in [-0.2, -0.15) is 0 Å². The molecule has 0 unspecified atom stereocenters. The monoisotopic (exact) mass is 218 g/mol. The normalized spacial score (nSPS) is 18.8. The second-order valence-electron chi connectivity index (χ2n) is 4.53. The number of nitrogens with zero attached hydrogens (tertiary/aromatic N) is 1. The van der Waals surface area contributed by atoms with Crippen LogP contribution in [0.15, 0.2) is 30.3 Å². The molecule has 16 heavy (non-hydrogen) atoms. The summed E-state index contributed by atoms with van der Waals surface area (Å²) < 4.78 is 0. The summed E-state index contributed by atoms with van der Waals surface area (Å²) >= 11 is 0. The quantitative estimate of drug-likeness (QED) is 0.816. The summed E-state index contributed by atoms with van der Waals surface area (Å²) in [6, 6.07) is 11.3. The minimum atomic E-state index is 0.490. The van der Waals surface area contributed by atoms with Gasteiger partial charge < -0.3 is 10.2 Å². The molecule has 88 valence electrons. The van der Waals surface area contributed by atoms with Gasteiger partial charge in [0, 0.05) is 12.6 Å². The van der Waals surface area contributed by atoms with Gasteiger partial charge in [0.1, 0.15) is 0 Å². The van der Waals surface area contributed by atoms with E-state index in [0.717, 1.165) is 13.1 Å². The third-order valence-electron chi connectivity index (χ3n) is 3.29. The van der Waals surface area contributed by atoms with Crippen LogP contribution in [0.4, 0.5) is 0 Å². The average molecular weight is 218 g/mol. The molecule has 2 heteroatoms. The van der Waals surface area contributed by atoms with Gasteiger partial charge in [-0.15, -0.1) is 0 Å². The van der Waals surface area contributed by atoms with Gasteiger partial charge in [0.25, 0.3) is 0 Å². The maximum absolute atomic E-state index is 3.58. The Labute approximate surface area is 98.7 Å². The molecule has 1 aliphatic heterocycles. The van der Waals surface area contributed by atoms with Crippen LogP contribution in [0.5, 0.6) is 0 Å². The molecule has 0 bridgehead atoms. The molecule has 0 radical (unpaired) electrons. The maximum Gasteiger partial charge on any atom is 0.0449 e. The van der Waals surface area contributed by atoms with Crippen LogP contribution in [-0.4, -0.2) is 31.1 Å². The lowest BCUT2D eigenvalue weighted by molar-refractivity contribution is 0.294. The molecule has 2 nitrogen and oxygen atoms in total. The van der Waals surface area contributed by atoms with E-state index in [1.807, 2.05) is 0 Å². The summed E-state index contributed by atoms with van der Waals surface area (Å²) in [5, 5.41) is 3.58. The molecule has 1 aromatic carbocycles. The highest BCUT2D eigenvalue weighted by atomic mass is 15.2. The third-order valence-corrected chi connectivity index (χ3v) is 3.29. The topological polar surface area (TPSA) is 15.3 Å². The Hall–Kier alpha value is -0.860. The summed E-state index contributed by atoms with van der Waals surface area (Å²) in [5.74, 6) is 0. The first-order valence-electron chi connectivity index (χ1n) is 6.41. The molecule has 1 aromatic rings. The van der Waals surface area contributed by atoms with Gasteiger partial charge in [0.05, 0.1) is 0 Å². The van der Waals surface area contributed by atoms with Crippen molar-refractivity contribution in [1.29, 1.82) is 0 Å². The standard InChI is InChI=1S/C14H22N2/c1-2-15-14(12-16-10-6-7-11-16)13-8-4-3-5-9-13/h3-5,8-9,14-15H,2,6-7,10-12H2,1H3/t14-/m0/s1. The van der Waals surface area contributed by atoms with Crippen molar-refractivity contribution < 1.29 is 0 Å². The molecular weight excluding hydrogens is 196 g/mol. The van der Waals surface area contributed by atoms with Gasteiger partial charge in [-0.05, 0) is 38.0 Å². The first-order valence-corrected chi connectivity index (χ1v) is 6.41. The molecule has 0 spiro atoms. The Morgan fingerprint density at radius 3 is 2.50 bits per heavy atom. The molecular formula is C14H22N2. The summed E-state index contributed by atoms with van der Waals surface area (Å²) in [5.41, 5.74) is 1.41. The fourth-order valence-corrected chi connectivity index (χ4v) is 2.44. The minimum absolute atomic E-state index is 0.490. The largest absolute Gasteiger partial charge is 0.309 e. The highest BCUT2D eigenvalue weighted by Gasteiger charge is 2.17. The van der Waals surface area contributed by atoms with Crippen molar-refractivity contribution in [3.63, 3.8) is 0 Å². The predicted molar refractivity (Wildman–Crippen MR) is 68.5 cm³/mol. The van der Waals surface area contributed by atoms with Crippen LogP contribution in [0.1, 0.15) is 31.4 Å². The van der Waals surface area contributed by atoms with Crippen molar-refractivity contribution in [2.45, 2.75) is 25.8 Å². The van der Waals surface area contributed by atoms with Crippen LogP contribution < -0.4 is 5.32 Å². The van der Waals surface area contributed by atoms with E-state index in [2.05, 4.69) is 47.5 Å². The number of rotatable bonds is 5. The molecule has 1 heterocycles. The first-order chi connectivity index (χ1) is 7.90. The lowest BCUT2D eigenvalue weighted by atomic mass is 10.1. The van der Waals surface area contributed by atoms with E-state index < -0.39 is 0 Å². The van der Waals surface area contributed by atoms with Crippen LogP contribution in [0, 0.1) is 0 Å². The Morgan fingerprint density at radius 2 is 1.88 bits per heavy atom. The first kappa shape index (κ1) is 11.6. The van der Waals surface area contributed by atoms with Crippen molar-refractivity contribution in [1.82, 2.24) is 10.2 Å². The van der Waals surface area contributed by atoms with E-state index in [0.29, 0.717) is 6.04 Å². The number of benzene rings is 1. The van der Waals surface area contributed by atoms with Crippen molar-refractivity contribution in [3.05, 3.63) is 35.9 Å². The number of hydrogen-bond acceptors (Lipinski definition) is 2. The maximum atomic E-state index is 3.58. The summed E-state index contributed by atoms with van der Waals surface area (Å²) in [4.78, 5) is 2.57. The molecule has 0 amide bonds. The highest BCUT2D eigenvalue weighted by Crippen LogP contribution is 2.17. The smallest absolute Gasteiger partial charge is 0.0449 e. The van der Waals surface area contributed by atoms with Crippen LogP contribution in [-0.2, 0) is 0 Å². The summed E-state index contributed by atoms with van der Waals surface area (Å²) in [6.45, 7) is 6.91. The molecule has 1 N–H and O–H groups in total. The number of likely N-dealkylation sites (tertiary alicyclic amines) is 1. The van der Waals surface area contributed by atoms with Gasteiger partial charge in [-0.3, -0.25) is 0 Å². The fraction of sp³-hybridized carbons (Fsp3) is 0.571. The van der Waals surface area contributed by atoms with E-state index in [-0.39, 0.29) is 0 Å². The van der Waals surface area contributed by atoms with E-state index >= 15 is 0 Å². The second-order valence-corrected chi connectivity index (χ2v) is 4.53. The van der Waals surface area contributed by atoms with E-state index in [9.17, 15) is 0 Å². The number of hydrogen-bond donors (Lipinski definition) is 1. The van der Waals surface area contributed by atoms with Gasteiger partial charge in [-0.1, -0.05) is 37.3 Å². The Kier molecular flexibility index (Phi) is 4.37. The fourth-order valence-electron chi connectivity index (χ4n) is 2.44. The molecule has 1 saturated heterocycles. The van der Waals surface area contributed by atoms with Gasteiger partial charge in [0.15, 0.2) is 0 Å². The van der Waals surface area contributed by atoms with Crippen molar-refractivity contribution in [3.8, 4) is 0 Å². The van der Waals surface area contributed by atoms with Crippen molar-refractivity contribution >= 4 is 0 Å². The Balaban J connectivity index is 1.99. The SMILES string of the molecule is CCN[C@@H](CN1CCCC1)c1ccccc1. The molecule has 0 aromatic heterocycles. The predicted octanol–water partition coefficient (Wildman–Crippen LogP) is 2.43. The van der Waals surface area contributed by atoms with Crippen molar-refractivity contribution in [2.24, 2.45) is 0 Å². The van der Waals surface area contributed by atoms with E-state index in [4.69, 9.17) is 0 Å². The van der Waals surface area contributed by atoms with Crippen LogP contribution in [0.2, 0.25) is 0 Å². The van der Waals surface area contributed by atoms with Crippen molar-refractivity contribution in [2.75, 3.05) is 26.2 Å². The minimum Gasteiger partial charge on any atom is -0.309 e. The average Bonchev–Trinajstić information content (AvgIpc) is 2.83. The van der Waals surface area contributed by atoms with Crippen LogP contribution in [0.3, 0.4) is 0 Å². The Bertz CT molecular complexity index is 291. The van der Waals surface area contributed by atoms with Crippen LogP contribution in [0.25, 0.3) is 0 Å². The highest BCUT2D eigenvalue weighted by molar-refractivity contribution is 5.19. The summed E-state index contributed by atoms with van der Waals surface area (Å²) in [6.07, 6.45) is 2.74. The molecule has 1 atom stereocenters. The van der Waals surface area contributed by atoms with Gasteiger partial charge in [-0.25, -0.2) is 0 Å². The molecule has 2 rings (SSSR count). The third kappa shape index (κ3) is 3.06. The zero-order valence-electron chi connectivity index (χ0n) is 10.2. The summed E-state index contributed by atoms with van der Waals surface area (Å²) in [7, 11) is 0. The number of nitrogens with one attached hydrogen (secondary N) is 1. The molecule has 0 aliphatic carbocycles. The zero-order valence-corrected chi connectivity index (χ0v) is 10.2. The van der Waals surface area contributed by atoms with Crippen LogP contribution >= 0.6 is 0 Å². The lowest BCUT2D eigenvalue weighted by Gasteiger charge is -2.24. The van der Waals surface area contributed by atoms with E-state index in [1.165, 1.54) is 31.5 Å². The molecule has 0 saturated carbocycles. The number of likely N-dealkylation sites (N-methyl/N-ethyl adjacent to an activating group) is 1. The van der Waals surface area contributed by atoms with Gasteiger partial charge in [0.2, 0.25) is 0 Å². The second kappa shape index (κ2) is 6.02.